The van der Waals surface area contributed by atoms with E-state index < -0.39 is 23.5 Å². The molecular weight excluding hydrogens is 636 g/mol. The van der Waals surface area contributed by atoms with Crippen molar-refractivity contribution in [2.45, 2.75) is 104 Å². The van der Waals surface area contributed by atoms with E-state index in [0.29, 0.717) is 54.3 Å². The van der Waals surface area contributed by atoms with Crippen LogP contribution in [-0.4, -0.2) is 89.6 Å². The van der Waals surface area contributed by atoms with Crippen LogP contribution in [0, 0.1) is 5.41 Å². The summed E-state index contributed by atoms with van der Waals surface area (Å²) in [6.45, 7) is 12.8. The summed E-state index contributed by atoms with van der Waals surface area (Å²) in [5, 5.41) is 27.2. The molecule has 2 unspecified atom stereocenters. The second-order valence-electron chi connectivity index (χ2n) is 14.8. The number of nitrogens with zero attached hydrogens (tertiary/aromatic N) is 6. The summed E-state index contributed by atoms with van der Waals surface area (Å²) in [5.41, 5.74) is 0.577. The molecule has 14 heteroatoms. The zero-order chi connectivity index (χ0) is 34.9. The van der Waals surface area contributed by atoms with Crippen LogP contribution >= 0.6 is 11.6 Å². The summed E-state index contributed by atoms with van der Waals surface area (Å²) < 4.78 is 5.65. The van der Waals surface area contributed by atoms with Crippen molar-refractivity contribution < 1.29 is 24.2 Å². The van der Waals surface area contributed by atoms with Gasteiger partial charge in [0.25, 0.3) is 11.8 Å². The Hall–Kier alpha value is -4.10. The Balaban J connectivity index is 1.48. The van der Waals surface area contributed by atoms with E-state index >= 15 is 0 Å². The molecule has 3 N–H and O–H groups in total. The van der Waals surface area contributed by atoms with Crippen molar-refractivity contribution in [1.82, 2.24) is 35.7 Å². The number of benzene rings is 1. The molecule has 1 fully saturated rings. The number of carbonyl (C=O) groups is 3. The minimum Gasteiger partial charge on any atom is -0.444 e. The van der Waals surface area contributed by atoms with Gasteiger partial charge in [-0.1, -0.05) is 49.7 Å². The van der Waals surface area contributed by atoms with Crippen LogP contribution in [0.4, 0.5) is 4.79 Å². The van der Waals surface area contributed by atoms with Crippen LogP contribution in [0.1, 0.15) is 101 Å². The topological polar surface area (TPSA) is 166 Å². The van der Waals surface area contributed by atoms with Gasteiger partial charge < -0.3 is 25.0 Å². The summed E-state index contributed by atoms with van der Waals surface area (Å²) in [7, 11) is 0. The molecule has 258 valence electrons. The number of H-pyrrole nitrogens is 1. The van der Waals surface area contributed by atoms with Gasteiger partial charge >= 0.3 is 6.09 Å². The lowest BCUT2D eigenvalue weighted by molar-refractivity contribution is -0.133. The highest BCUT2D eigenvalue weighted by atomic mass is 35.5. The molecule has 48 heavy (non-hydrogen) atoms. The molecule has 2 aliphatic heterocycles. The van der Waals surface area contributed by atoms with E-state index in [9.17, 15) is 19.5 Å². The highest BCUT2D eigenvalue weighted by Gasteiger charge is 2.53. The Labute approximate surface area is 285 Å². The zero-order valence-corrected chi connectivity index (χ0v) is 29.2. The highest BCUT2D eigenvalue weighted by Crippen LogP contribution is 2.45. The predicted octanol–water partition coefficient (Wildman–Crippen LogP) is 4.82. The third kappa shape index (κ3) is 8.30. The van der Waals surface area contributed by atoms with Crippen LogP contribution in [-0.2, 0) is 16.1 Å². The van der Waals surface area contributed by atoms with Crippen LogP contribution in [0.3, 0.4) is 0 Å². The number of tetrazole rings is 1. The molecule has 1 aromatic carbocycles. The lowest BCUT2D eigenvalue weighted by atomic mass is 9.84. The third-order valence-electron chi connectivity index (χ3n) is 8.64. The maximum absolute atomic E-state index is 14.6. The Bertz CT molecular complexity index is 1600. The molecule has 3 amide bonds. The summed E-state index contributed by atoms with van der Waals surface area (Å²) in [6.07, 6.45) is 4.49. The van der Waals surface area contributed by atoms with Crippen LogP contribution in [0.2, 0.25) is 0 Å². The van der Waals surface area contributed by atoms with Crippen LogP contribution in [0.25, 0.3) is 0 Å². The van der Waals surface area contributed by atoms with Crippen molar-refractivity contribution in [2.75, 3.05) is 13.1 Å². The van der Waals surface area contributed by atoms with Gasteiger partial charge in [0, 0.05) is 42.9 Å². The van der Waals surface area contributed by atoms with Crippen molar-refractivity contribution in [1.29, 1.82) is 0 Å². The molecule has 5 rings (SSSR count). The number of hydrogen-bond donors (Lipinski definition) is 3. The Morgan fingerprint density at radius 3 is 2.42 bits per heavy atom. The molecule has 1 saturated heterocycles. The first-order valence-corrected chi connectivity index (χ1v) is 16.7. The fourth-order valence-electron chi connectivity index (χ4n) is 6.28. The number of amides is 3. The van der Waals surface area contributed by atoms with Gasteiger partial charge in [-0.25, -0.2) is 4.79 Å². The molecule has 0 saturated carbocycles. The average Bonchev–Trinajstić information content (AvgIpc) is 3.62. The lowest BCUT2D eigenvalue weighted by Crippen LogP contribution is -2.56. The smallest absolute Gasteiger partial charge is 0.410 e. The number of nitrogens with one attached hydrogen (secondary N) is 2. The molecule has 2 aromatic rings. The number of likely N-dealkylation sites (tertiary alicyclic amines) is 1. The first-order valence-electron chi connectivity index (χ1n) is 16.3. The number of aliphatic imine (C=N–C) groups is 1. The molecule has 0 bridgehead atoms. The normalized spacial score (nSPS) is 20.3. The van der Waals surface area contributed by atoms with E-state index in [4.69, 9.17) is 21.3 Å². The number of rotatable bonds is 8. The number of aliphatic hydroxyl groups is 1. The first-order chi connectivity index (χ1) is 22.5. The van der Waals surface area contributed by atoms with E-state index in [1.54, 1.807) is 29.2 Å². The zero-order valence-electron chi connectivity index (χ0n) is 28.4. The largest absolute Gasteiger partial charge is 0.444 e. The molecule has 1 aliphatic carbocycles. The highest BCUT2D eigenvalue weighted by molar-refractivity contribution is 6.47. The van der Waals surface area contributed by atoms with Crippen molar-refractivity contribution >= 4 is 35.2 Å². The van der Waals surface area contributed by atoms with Crippen LogP contribution in [0.15, 0.2) is 52.0 Å². The Morgan fingerprint density at radius 2 is 1.83 bits per heavy atom. The third-order valence-corrected chi connectivity index (χ3v) is 8.87. The van der Waals surface area contributed by atoms with Gasteiger partial charge in [-0.2, -0.15) is 5.21 Å². The molecule has 3 aliphatic rings. The van der Waals surface area contributed by atoms with Gasteiger partial charge in [-0.05, 0) is 74.4 Å². The van der Waals surface area contributed by atoms with Gasteiger partial charge in [-0.3, -0.25) is 14.6 Å². The standard InChI is InChI=1S/C34H45ClN8O5/c1-32(2,3)12-11-26(21-7-9-22(10-8-21)29(45)36-20-27-38-40-41-39-27)43-30(46)28(23-17-24(35)19-25(44)18-23)37-34(43)13-15-42(16-14-34)31(47)48-33(4,5)6/h7-10,17,19,25-26,44H,11-16,18,20H2,1-6H3,(H,36,45)(H,38,39,40,41). The van der Waals surface area contributed by atoms with Crippen LogP contribution < -0.4 is 5.32 Å². The molecule has 0 radical (unpaired) electrons. The number of carbonyl (C=O) groups excluding carboxylic acids is 3. The summed E-state index contributed by atoms with van der Waals surface area (Å²) in [4.78, 5) is 49.2. The number of aromatic nitrogens is 4. The molecule has 13 nitrogen and oxygen atoms in total. The SMILES string of the molecule is CC(C)(C)CCC(c1ccc(C(=O)NCc2nn[nH]n2)cc1)N1C(=O)C(C2=CC(Cl)=CC(O)C2)=NC12CCN(C(=O)OC(C)(C)C)CC2. The first kappa shape index (κ1) is 35.2. The quantitative estimate of drug-likeness (QED) is 0.357. The predicted molar refractivity (Wildman–Crippen MR) is 180 cm³/mol. The van der Waals surface area contributed by atoms with E-state index in [0.717, 1.165) is 12.0 Å². The summed E-state index contributed by atoms with van der Waals surface area (Å²) in [6, 6.07) is 6.87. The van der Waals surface area contributed by atoms with E-state index in [1.165, 1.54) is 0 Å². The summed E-state index contributed by atoms with van der Waals surface area (Å²) >= 11 is 6.35. The van der Waals surface area contributed by atoms with E-state index in [1.807, 2.05) is 37.8 Å². The van der Waals surface area contributed by atoms with Gasteiger partial charge in [0.2, 0.25) is 0 Å². The minimum absolute atomic E-state index is 0.0265. The molecule has 3 heterocycles. The lowest BCUT2D eigenvalue weighted by Gasteiger charge is -2.46. The monoisotopic (exact) mass is 680 g/mol. The second-order valence-corrected chi connectivity index (χ2v) is 15.3. The van der Waals surface area contributed by atoms with E-state index in [-0.39, 0.29) is 41.9 Å². The van der Waals surface area contributed by atoms with Crippen molar-refractivity contribution in [2.24, 2.45) is 10.4 Å². The fraction of sp³-hybridized carbons (Fsp3) is 0.559. The number of piperidine rings is 1. The second kappa shape index (κ2) is 13.8. The number of aromatic amines is 1. The Kier molecular flexibility index (Phi) is 10.1. The number of hydrogen-bond acceptors (Lipinski definition) is 9. The van der Waals surface area contributed by atoms with Gasteiger partial charge in [-0.15, -0.1) is 10.2 Å². The van der Waals surface area contributed by atoms with Crippen LogP contribution in [0.5, 0.6) is 0 Å². The van der Waals surface area contributed by atoms with Crippen molar-refractivity contribution in [3.63, 3.8) is 0 Å². The molecule has 1 aromatic heterocycles. The fourth-order valence-corrected chi connectivity index (χ4v) is 6.55. The number of allylic oxidation sites excluding steroid dienone is 2. The molecule has 1 spiro atoms. The molecular formula is C34H45ClN8O5. The van der Waals surface area contributed by atoms with Gasteiger partial charge in [0.05, 0.1) is 18.7 Å². The van der Waals surface area contributed by atoms with E-state index in [2.05, 4.69) is 46.7 Å². The van der Waals surface area contributed by atoms with Crippen molar-refractivity contribution in [3.8, 4) is 0 Å². The number of halogens is 1. The maximum atomic E-state index is 14.6. The van der Waals surface area contributed by atoms with Crippen molar-refractivity contribution in [3.05, 3.63) is 64.0 Å². The summed E-state index contributed by atoms with van der Waals surface area (Å²) in [5.74, 6) is -0.170. The van der Waals surface area contributed by atoms with Gasteiger partial charge in [0.1, 0.15) is 17.0 Å². The minimum atomic E-state index is -0.937. The molecule has 2 atom stereocenters. The average molecular weight is 681 g/mol. The maximum Gasteiger partial charge on any atom is 0.410 e. The number of ether oxygens (including phenoxy) is 1. The number of aliphatic hydroxyl groups excluding tert-OH is 1. The van der Waals surface area contributed by atoms with Gasteiger partial charge in [0.15, 0.2) is 5.82 Å². The Morgan fingerprint density at radius 1 is 1.15 bits per heavy atom.